The number of nitrogens with zero attached hydrogens (tertiary/aromatic N) is 4. The summed E-state index contributed by atoms with van der Waals surface area (Å²) in [5, 5.41) is 15.8. The summed E-state index contributed by atoms with van der Waals surface area (Å²) in [4.78, 5) is 16.7. The molecule has 8 nitrogen and oxygen atoms in total. The summed E-state index contributed by atoms with van der Waals surface area (Å²) in [5.74, 6) is 1.02. The van der Waals surface area contributed by atoms with Gasteiger partial charge in [-0.05, 0) is 32.8 Å². The third-order valence-corrected chi connectivity index (χ3v) is 5.15. The third-order valence-electron chi connectivity index (χ3n) is 4.08. The van der Waals surface area contributed by atoms with Gasteiger partial charge in [-0.15, -0.1) is 10.2 Å². The Bertz CT molecular complexity index is 933. The molecule has 2 aromatic heterocycles. The summed E-state index contributed by atoms with van der Waals surface area (Å²) in [7, 11) is 0. The molecule has 27 heavy (non-hydrogen) atoms. The van der Waals surface area contributed by atoms with E-state index in [9.17, 15) is 4.79 Å². The lowest BCUT2D eigenvalue weighted by molar-refractivity contribution is -0.122. The van der Waals surface area contributed by atoms with Crippen LogP contribution in [0.25, 0.3) is 11.4 Å². The van der Waals surface area contributed by atoms with E-state index in [1.165, 1.54) is 11.3 Å². The number of hydrogen-bond acceptors (Lipinski definition) is 8. The van der Waals surface area contributed by atoms with Crippen LogP contribution >= 0.6 is 11.3 Å². The molecule has 0 atom stereocenters. The summed E-state index contributed by atoms with van der Waals surface area (Å²) < 4.78 is 5.31. The first-order valence-electron chi connectivity index (χ1n) is 8.64. The Hall–Kier alpha value is -2.81. The predicted octanol–water partition coefficient (Wildman–Crippen LogP) is 2.85. The number of aryl methyl sites for hydroxylation is 2. The fourth-order valence-electron chi connectivity index (χ4n) is 2.64. The summed E-state index contributed by atoms with van der Waals surface area (Å²) >= 11 is 1.27. The maximum absolute atomic E-state index is 12.2. The highest BCUT2D eigenvalue weighted by Gasteiger charge is 2.27. The number of nitrogens with two attached hydrogens (primary N) is 1. The van der Waals surface area contributed by atoms with E-state index in [1.807, 2.05) is 45.0 Å². The molecule has 142 valence electrons. The number of benzene rings is 1. The summed E-state index contributed by atoms with van der Waals surface area (Å²) in [5.41, 5.74) is 7.03. The second-order valence-electron chi connectivity index (χ2n) is 6.80. The van der Waals surface area contributed by atoms with Gasteiger partial charge in [-0.1, -0.05) is 40.8 Å². The number of anilines is 1. The van der Waals surface area contributed by atoms with Gasteiger partial charge in [0.15, 0.2) is 0 Å². The molecular formula is C18H22N6O2S. The number of carbonyl (C=O) groups is 1. The molecule has 0 saturated heterocycles. The predicted molar refractivity (Wildman–Crippen MR) is 103 cm³/mol. The fourth-order valence-corrected chi connectivity index (χ4v) is 3.31. The Kier molecular flexibility index (Phi) is 5.50. The Morgan fingerprint density at radius 2 is 2.07 bits per heavy atom. The van der Waals surface area contributed by atoms with Crippen LogP contribution in [0, 0.1) is 6.92 Å². The second kappa shape index (κ2) is 7.83. The molecule has 0 aliphatic rings. The van der Waals surface area contributed by atoms with E-state index in [0.717, 1.165) is 11.1 Å². The summed E-state index contributed by atoms with van der Waals surface area (Å²) in [6.07, 6.45) is 1.49. The van der Waals surface area contributed by atoms with Crippen molar-refractivity contribution in [1.82, 2.24) is 25.7 Å². The number of nitrogen functional groups attached to an aromatic ring is 1. The Balaban J connectivity index is 1.51. The first-order valence-corrected chi connectivity index (χ1v) is 9.46. The van der Waals surface area contributed by atoms with Crippen molar-refractivity contribution in [3.63, 3.8) is 0 Å². The van der Waals surface area contributed by atoms with Crippen molar-refractivity contribution in [3.05, 3.63) is 40.7 Å². The largest absolute Gasteiger partial charge is 0.374 e. The second-order valence-corrected chi connectivity index (χ2v) is 7.81. The van der Waals surface area contributed by atoms with Crippen molar-refractivity contribution in [2.45, 2.75) is 45.6 Å². The topological polar surface area (TPSA) is 120 Å². The highest BCUT2D eigenvalue weighted by atomic mass is 32.1. The van der Waals surface area contributed by atoms with Crippen LogP contribution in [0.2, 0.25) is 0 Å². The zero-order chi connectivity index (χ0) is 19.4. The van der Waals surface area contributed by atoms with Gasteiger partial charge in [0.2, 0.25) is 22.8 Å². The molecule has 0 aliphatic heterocycles. The summed E-state index contributed by atoms with van der Waals surface area (Å²) in [6.45, 7) is 5.75. The molecule has 3 rings (SSSR count). The van der Waals surface area contributed by atoms with Crippen molar-refractivity contribution >= 4 is 22.4 Å². The highest BCUT2D eigenvalue weighted by molar-refractivity contribution is 7.15. The van der Waals surface area contributed by atoms with Crippen LogP contribution in [0.3, 0.4) is 0 Å². The molecule has 2 heterocycles. The molecular weight excluding hydrogens is 364 g/mol. The molecule has 0 unspecified atom stereocenters. The van der Waals surface area contributed by atoms with Gasteiger partial charge in [-0.25, -0.2) is 0 Å². The number of carbonyl (C=O) groups excluding carboxylic acids is 1. The van der Waals surface area contributed by atoms with E-state index in [0.29, 0.717) is 41.1 Å². The van der Waals surface area contributed by atoms with E-state index < -0.39 is 5.54 Å². The quantitative estimate of drug-likeness (QED) is 0.640. The van der Waals surface area contributed by atoms with Gasteiger partial charge in [-0.2, -0.15) is 4.98 Å². The van der Waals surface area contributed by atoms with Crippen LogP contribution in [-0.4, -0.2) is 26.2 Å². The number of amides is 1. The van der Waals surface area contributed by atoms with Gasteiger partial charge in [-0.3, -0.25) is 4.79 Å². The van der Waals surface area contributed by atoms with Crippen molar-refractivity contribution in [1.29, 1.82) is 0 Å². The van der Waals surface area contributed by atoms with E-state index in [-0.39, 0.29) is 5.91 Å². The lowest BCUT2D eigenvalue weighted by Gasteiger charge is -2.23. The average molecular weight is 386 g/mol. The monoisotopic (exact) mass is 386 g/mol. The molecule has 0 spiro atoms. The molecule has 3 N–H and O–H groups in total. The molecule has 1 aromatic carbocycles. The molecule has 0 saturated carbocycles. The highest BCUT2D eigenvalue weighted by Crippen LogP contribution is 2.25. The molecule has 9 heteroatoms. The Morgan fingerprint density at radius 3 is 2.78 bits per heavy atom. The smallest absolute Gasteiger partial charge is 0.226 e. The van der Waals surface area contributed by atoms with Gasteiger partial charge in [0.25, 0.3) is 0 Å². The van der Waals surface area contributed by atoms with Gasteiger partial charge in [0, 0.05) is 18.4 Å². The molecule has 0 aliphatic carbocycles. The number of nitrogens with one attached hydrogen (secondary N) is 1. The lowest BCUT2D eigenvalue weighted by atomic mass is 10.1. The third kappa shape index (κ3) is 4.68. The van der Waals surface area contributed by atoms with E-state index in [1.54, 1.807) is 0 Å². The van der Waals surface area contributed by atoms with Crippen LogP contribution in [0.15, 0.2) is 28.8 Å². The summed E-state index contributed by atoms with van der Waals surface area (Å²) in [6, 6.07) is 7.87. The zero-order valence-corrected chi connectivity index (χ0v) is 16.3. The van der Waals surface area contributed by atoms with E-state index >= 15 is 0 Å². The molecule has 0 bridgehead atoms. The number of rotatable bonds is 7. The van der Waals surface area contributed by atoms with Crippen LogP contribution in [0.1, 0.15) is 43.2 Å². The number of hydrogen-bond donors (Lipinski definition) is 2. The SMILES string of the molecule is Cc1ccccc1-c1noc(CCCC(=O)NC(C)(C)c2nnc(N)s2)n1. The van der Waals surface area contributed by atoms with Crippen LogP contribution in [-0.2, 0) is 16.8 Å². The maximum atomic E-state index is 12.2. The first kappa shape index (κ1) is 19.0. The fraction of sp³-hybridized carbons (Fsp3) is 0.389. The number of aromatic nitrogens is 4. The zero-order valence-electron chi connectivity index (χ0n) is 15.5. The lowest BCUT2D eigenvalue weighted by Crippen LogP contribution is -2.40. The van der Waals surface area contributed by atoms with Gasteiger partial charge in [0.05, 0.1) is 5.54 Å². The Labute approximate surface area is 161 Å². The Morgan fingerprint density at radius 1 is 1.30 bits per heavy atom. The normalized spacial score (nSPS) is 11.5. The van der Waals surface area contributed by atoms with E-state index in [2.05, 4.69) is 25.7 Å². The van der Waals surface area contributed by atoms with Gasteiger partial charge < -0.3 is 15.6 Å². The average Bonchev–Trinajstić information content (AvgIpc) is 3.24. The minimum atomic E-state index is -0.616. The van der Waals surface area contributed by atoms with Crippen molar-refractivity contribution in [3.8, 4) is 11.4 Å². The first-order chi connectivity index (χ1) is 12.8. The van der Waals surface area contributed by atoms with Crippen LogP contribution in [0.5, 0.6) is 0 Å². The van der Waals surface area contributed by atoms with Crippen molar-refractivity contribution < 1.29 is 9.32 Å². The van der Waals surface area contributed by atoms with Crippen LogP contribution in [0.4, 0.5) is 5.13 Å². The standard InChI is InChI=1S/C18H22N6O2S/c1-11-7-4-5-8-12(11)15-20-14(26-24-15)10-6-9-13(25)21-18(2,3)16-22-23-17(19)27-16/h4-5,7-8H,6,9-10H2,1-3H3,(H2,19,23)(H,21,25). The molecule has 3 aromatic rings. The van der Waals surface area contributed by atoms with Crippen molar-refractivity contribution in [2.24, 2.45) is 0 Å². The maximum Gasteiger partial charge on any atom is 0.226 e. The van der Waals surface area contributed by atoms with Gasteiger partial charge >= 0.3 is 0 Å². The molecule has 0 fully saturated rings. The molecule has 0 radical (unpaired) electrons. The van der Waals surface area contributed by atoms with E-state index in [4.69, 9.17) is 10.3 Å². The minimum Gasteiger partial charge on any atom is -0.374 e. The minimum absolute atomic E-state index is 0.0765. The molecule has 1 amide bonds. The van der Waals surface area contributed by atoms with Crippen molar-refractivity contribution in [2.75, 3.05) is 5.73 Å². The van der Waals surface area contributed by atoms with Gasteiger partial charge in [0.1, 0.15) is 5.01 Å². The van der Waals surface area contributed by atoms with Crippen LogP contribution < -0.4 is 11.1 Å².